The number of aliphatic hydroxyl groups excluding tert-OH is 2. The van der Waals surface area contributed by atoms with Gasteiger partial charge in [0.1, 0.15) is 19.3 Å². The number of hydrogen-bond donors (Lipinski definition) is 2. The number of carbonyl (C=O) groups is 2. The third-order valence-corrected chi connectivity index (χ3v) is 8.09. The van der Waals surface area contributed by atoms with E-state index in [-0.39, 0.29) is 31.3 Å². The second kappa shape index (κ2) is 36.7. The van der Waals surface area contributed by atoms with Gasteiger partial charge in [-0.1, -0.05) is 145 Å². The minimum Gasteiger partial charge on any atom is -0.463 e. The molecule has 0 aromatic carbocycles. The van der Waals surface area contributed by atoms with Crippen LogP contribution in [0.4, 0.5) is 0 Å². The van der Waals surface area contributed by atoms with Crippen LogP contribution in [0.15, 0.2) is 48.6 Å². The first-order chi connectivity index (χ1) is 23.0. The molecule has 2 atom stereocenters. The number of carbonyl (C=O) groups excluding carboxylic acids is 2. The number of allylic oxidation sites excluding steroid dienone is 8. The average Bonchev–Trinajstić information content (AvgIpc) is 3.05. The van der Waals surface area contributed by atoms with Crippen molar-refractivity contribution < 1.29 is 29.3 Å². The Morgan fingerprint density at radius 3 is 1.30 bits per heavy atom. The Morgan fingerprint density at radius 1 is 0.511 bits per heavy atom. The van der Waals surface area contributed by atoms with E-state index in [2.05, 4.69) is 55.5 Å². The molecule has 0 bridgehead atoms. The lowest BCUT2D eigenvalue weighted by Crippen LogP contribution is -2.25. The van der Waals surface area contributed by atoms with Gasteiger partial charge in [-0.15, -0.1) is 0 Å². The van der Waals surface area contributed by atoms with Crippen LogP contribution in [0.3, 0.4) is 0 Å². The molecule has 0 rings (SSSR count). The van der Waals surface area contributed by atoms with E-state index >= 15 is 0 Å². The van der Waals surface area contributed by atoms with Gasteiger partial charge in [0, 0.05) is 12.8 Å². The molecule has 0 heterocycles. The summed E-state index contributed by atoms with van der Waals surface area (Å²) >= 11 is 0. The van der Waals surface area contributed by atoms with E-state index in [1.165, 1.54) is 77.0 Å². The van der Waals surface area contributed by atoms with Crippen LogP contribution in [-0.4, -0.2) is 47.6 Å². The normalized spacial score (nSPS) is 13.4. The minimum absolute atomic E-state index is 0.139. The van der Waals surface area contributed by atoms with Crippen molar-refractivity contribution in [1.29, 1.82) is 0 Å². The van der Waals surface area contributed by atoms with Crippen molar-refractivity contribution in [2.24, 2.45) is 0 Å². The van der Waals surface area contributed by atoms with Gasteiger partial charge in [-0.05, 0) is 64.7 Å². The summed E-state index contributed by atoms with van der Waals surface area (Å²) in [6.45, 7) is 3.80. The third-order valence-electron chi connectivity index (χ3n) is 8.09. The zero-order valence-corrected chi connectivity index (χ0v) is 30.4. The monoisotopic (exact) mass is 661 g/mol. The highest BCUT2D eigenvalue weighted by Gasteiger charge is 2.12. The fourth-order valence-corrected chi connectivity index (χ4v) is 5.16. The van der Waals surface area contributed by atoms with Crippen molar-refractivity contribution in [2.75, 3.05) is 13.2 Å². The predicted molar refractivity (Wildman–Crippen MR) is 197 cm³/mol. The Labute approximate surface area is 289 Å². The molecule has 0 unspecified atom stereocenters. The zero-order valence-electron chi connectivity index (χ0n) is 30.4. The maximum atomic E-state index is 11.9. The van der Waals surface area contributed by atoms with Gasteiger partial charge in [0.05, 0.1) is 6.10 Å². The van der Waals surface area contributed by atoms with Crippen molar-refractivity contribution >= 4 is 11.9 Å². The molecule has 0 aliphatic rings. The van der Waals surface area contributed by atoms with E-state index in [0.717, 1.165) is 64.2 Å². The van der Waals surface area contributed by atoms with E-state index in [1.807, 2.05) is 6.92 Å². The number of unbranched alkanes of at least 4 members (excludes halogenated alkanes) is 16. The predicted octanol–water partition coefficient (Wildman–Crippen LogP) is 10.8. The van der Waals surface area contributed by atoms with Gasteiger partial charge in [0.2, 0.25) is 0 Å². The summed E-state index contributed by atoms with van der Waals surface area (Å²) in [7, 11) is 0. The maximum Gasteiger partial charge on any atom is 0.305 e. The van der Waals surface area contributed by atoms with E-state index in [4.69, 9.17) is 9.47 Å². The number of ether oxygens (including phenoxy) is 2. The average molecular weight is 661 g/mol. The molecule has 0 fully saturated rings. The van der Waals surface area contributed by atoms with Gasteiger partial charge in [-0.3, -0.25) is 9.59 Å². The fraction of sp³-hybridized carbons (Fsp3) is 0.756. The van der Waals surface area contributed by atoms with Gasteiger partial charge in [-0.2, -0.15) is 0 Å². The largest absolute Gasteiger partial charge is 0.463 e. The van der Waals surface area contributed by atoms with E-state index < -0.39 is 6.10 Å². The number of rotatable bonds is 34. The van der Waals surface area contributed by atoms with E-state index in [9.17, 15) is 19.8 Å². The Hall–Kier alpha value is -2.18. The molecule has 0 aliphatic heterocycles. The number of aliphatic hydroxyl groups is 2. The lowest BCUT2D eigenvalue weighted by molar-refractivity contribution is -0.152. The summed E-state index contributed by atoms with van der Waals surface area (Å²) in [6, 6.07) is 0. The van der Waals surface area contributed by atoms with Crippen LogP contribution < -0.4 is 0 Å². The summed E-state index contributed by atoms with van der Waals surface area (Å²) in [6.07, 6.45) is 43.0. The quantitative estimate of drug-likeness (QED) is 0.0405. The summed E-state index contributed by atoms with van der Waals surface area (Å²) < 4.78 is 10.3. The van der Waals surface area contributed by atoms with Crippen LogP contribution in [0.1, 0.15) is 174 Å². The first-order valence-electron chi connectivity index (χ1n) is 19.2. The van der Waals surface area contributed by atoms with E-state index in [0.29, 0.717) is 19.3 Å². The minimum atomic E-state index is -0.992. The molecule has 6 nitrogen and oxygen atoms in total. The van der Waals surface area contributed by atoms with Crippen LogP contribution in [0.5, 0.6) is 0 Å². The van der Waals surface area contributed by atoms with Crippen molar-refractivity contribution in [3.63, 3.8) is 0 Å². The van der Waals surface area contributed by atoms with Gasteiger partial charge >= 0.3 is 11.9 Å². The topological polar surface area (TPSA) is 93.1 Å². The van der Waals surface area contributed by atoms with Crippen LogP contribution in [-0.2, 0) is 19.1 Å². The Bertz CT molecular complexity index is 813. The number of esters is 2. The molecule has 6 heteroatoms. The summed E-state index contributed by atoms with van der Waals surface area (Å²) in [4.78, 5) is 23.9. The van der Waals surface area contributed by atoms with Crippen molar-refractivity contribution in [3.8, 4) is 0 Å². The van der Waals surface area contributed by atoms with Gasteiger partial charge in [0.25, 0.3) is 0 Å². The number of hydrogen-bond acceptors (Lipinski definition) is 6. The van der Waals surface area contributed by atoms with Crippen LogP contribution in [0, 0.1) is 0 Å². The van der Waals surface area contributed by atoms with Gasteiger partial charge in [-0.25, -0.2) is 0 Å². The summed E-state index contributed by atoms with van der Waals surface area (Å²) in [5.41, 5.74) is 0. The van der Waals surface area contributed by atoms with Crippen LogP contribution >= 0.6 is 0 Å². The zero-order chi connectivity index (χ0) is 34.5. The molecule has 0 aromatic rings. The molecule has 0 aromatic heterocycles. The highest BCUT2D eigenvalue weighted by molar-refractivity contribution is 5.69. The molecule has 0 amide bonds. The second-order valence-corrected chi connectivity index (χ2v) is 13.0. The smallest absolute Gasteiger partial charge is 0.305 e. The molecular weight excluding hydrogens is 588 g/mol. The van der Waals surface area contributed by atoms with Gasteiger partial charge in [0.15, 0.2) is 0 Å². The summed E-state index contributed by atoms with van der Waals surface area (Å²) in [5, 5.41) is 19.2. The van der Waals surface area contributed by atoms with Crippen LogP contribution in [0.2, 0.25) is 0 Å². The Morgan fingerprint density at radius 2 is 0.872 bits per heavy atom. The Kier molecular flexibility index (Phi) is 35.0. The molecule has 2 N–H and O–H groups in total. The van der Waals surface area contributed by atoms with Crippen molar-refractivity contribution in [3.05, 3.63) is 48.6 Å². The lowest BCUT2D eigenvalue weighted by Gasteiger charge is -2.12. The standard InChI is InChI=1S/C41H72O6/c1-3-4-5-6-7-8-9-10-12-16-19-22-25-28-31-34-40(44)46-36-39(43)37-47-41(45)35-32-29-26-23-20-17-14-11-13-15-18-21-24-27-30-33-38(2)42/h13-15,17,21,23-24,26,38-39,42-43H,3-12,16,18-20,22,25,27-37H2,1-2H3/b15-13-,17-14-,24-21-,26-23-/t38-,39-/m1/s1. The molecule has 0 saturated heterocycles. The molecule has 272 valence electrons. The van der Waals surface area contributed by atoms with E-state index in [1.54, 1.807) is 0 Å². The highest BCUT2D eigenvalue weighted by atomic mass is 16.6. The highest BCUT2D eigenvalue weighted by Crippen LogP contribution is 2.14. The maximum absolute atomic E-state index is 11.9. The third kappa shape index (κ3) is 38.2. The lowest BCUT2D eigenvalue weighted by atomic mass is 10.0. The fourth-order valence-electron chi connectivity index (χ4n) is 5.16. The molecule has 0 spiro atoms. The van der Waals surface area contributed by atoms with Crippen molar-refractivity contribution in [1.82, 2.24) is 0 Å². The molecular formula is C41H72O6. The van der Waals surface area contributed by atoms with Crippen molar-refractivity contribution in [2.45, 2.75) is 187 Å². The molecule has 47 heavy (non-hydrogen) atoms. The molecule has 0 saturated carbocycles. The first-order valence-corrected chi connectivity index (χ1v) is 19.2. The SMILES string of the molecule is CCCCCCCCCCCCCCCCCC(=O)OC[C@@H](O)COC(=O)CCC/C=C\C/C=C\C/C=C\C/C=C\CCC[C@@H](C)O. The molecule has 0 aliphatic carbocycles. The molecule has 0 radical (unpaired) electrons. The first kappa shape index (κ1) is 44.8. The Balaban J connectivity index is 3.54. The van der Waals surface area contributed by atoms with Crippen LogP contribution in [0.25, 0.3) is 0 Å². The summed E-state index contributed by atoms with van der Waals surface area (Å²) in [5.74, 6) is -0.643. The second-order valence-electron chi connectivity index (χ2n) is 13.0. The van der Waals surface area contributed by atoms with Gasteiger partial charge < -0.3 is 19.7 Å².